The van der Waals surface area contributed by atoms with Gasteiger partial charge in [-0.25, -0.2) is 4.79 Å². The van der Waals surface area contributed by atoms with Crippen molar-refractivity contribution in [3.8, 4) is 0 Å². The van der Waals surface area contributed by atoms with Gasteiger partial charge < -0.3 is 9.64 Å². The van der Waals surface area contributed by atoms with Crippen LogP contribution in [0.5, 0.6) is 0 Å². The second kappa shape index (κ2) is 6.99. The molecule has 0 atom stereocenters. The number of para-hydroxylation sites is 1. The molecule has 0 aliphatic carbocycles. The third-order valence-electron chi connectivity index (χ3n) is 4.26. The largest absolute Gasteiger partial charge is 0.444 e. The molecule has 7 nitrogen and oxygen atoms in total. The summed E-state index contributed by atoms with van der Waals surface area (Å²) in [6.45, 7) is 6.22. The molecule has 0 bridgehead atoms. The number of hydrogen-bond donors (Lipinski definition) is 0. The monoisotopic (exact) mass is 397 g/mol. The highest BCUT2D eigenvalue weighted by atomic mass is 19.4. The van der Waals surface area contributed by atoms with Gasteiger partial charge >= 0.3 is 12.3 Å². The minimum atomic E-state index is -4.48. The molecule has 0 spiro atoms. The van der Waals surface area contributed by atoms with Crippen LogP contribution in [-0.4, -0.2) is 45.0 Å². The maximum absolute atomic E-state index is 13.3. The summed E-state index contributed by atoms with van der Waals surface area (Å²) < 4.78 is 47.1. The number of ether oxygens (including phenoxy) is 1. The lowest BCUT2D eigenvalue weighted by molar-refractivity contribution is -0.137. The number of benzene rings is 1. The van der Waals surface area contributed by atoms with Gasteiger partial charge in [-0.05, 0) is 32.9 Å². The Balaban J connectivity index is 1.85. The van der Waals surface area contributed by atoms with E-state index in [0.717, 1.165) is 6.07 Å². The van der Waals surface area contributed by atoms with E-state index in [2.05, 4.69) is 10.2 Å². The van der Waals surface area contributed by atoms with Crippen molar-refractivity contribution in [2.45, 2.75) is 45.6 Å². The number of fused-ring (bicyclic) bond motifs is 1. The molecule has 152 valence electrons. The quantitative estimate of drug-likeness (QED) is 0.771. The predicted molar refractivity (Wildman–Crippen MR) is 96.2 cm³/mol. The summed E-state index contributed by atoms with van der Waals surface area (Å²) >= 11 is 0. The number of carbonyl (C=O) groups excluding carboxylic acids is 1. The number of alkyl halides is 3. The summed E-state index contributed by atoms with van der Waals surface area (Å²) in [7, 11) is 1.52. The molecular formula is C18H22F3N5O2. The van der Waals surface area contributed by atoms with Crippen LogP contribution in [0, 0.1) is 0 Å². The van der Waals surface area contributed by atoms with E-state index in [0.29, 0.717) is 18.9 Å². The van der Waals surface area contributed by atoms with Crippen LogP contribution in [0.4, 0.5) is 29.6 Å². The fourth-order valence-corrected chi connectivity index (χ4v) is 2.99. The third kappa shape index (κ3) is 4.05. The van der Waals surface area contributed by atoms with E-state index in [1.54, 1.807) is 31.4 Å². The van der Waals surface area contributed by atoms with Gasteiger partial charge in [-0.2, -0.15) is 13.2 Å². The molecule has 0 saturated carbocycles. The summed E-state index contributed by atoms with van der Waals surface area (Å²) in [6.07, 6.45) is -4.94. The standard InChI is InChI=1S/C18H22F3N5O2/c1-17(2,3)28-16(27)25-9-10-26-14(11-25)22-23-15(26)24(4)13-8-6-5-7-12(13)18(19,20)21/h5-8H,9-11H2,1-4H3. The zero-order valence-corrected chi connectivity index (χ0v) is 16.1. The van der Waals surface area contributed by atoms with E-state index in [1.807, 2.05) is 0 Å². The van der Waals surface area contributed by atoms with Crippen molar-refractivity contribution in [3.63, 3.8) is 0 Å². The van der Waals surface area contributed by atoms with Crippen LogP contribution < -0.4 is 4.90 Å². The molecule has 10 heteroatoms. The van der Waals surface area contributed by atoms with E-state index in [-0.39, 0.29) is 18.2 Å². The zero-order valence-electron chi connectivity index (χ0n) is 16.1. The molecule has 1 aliphatic rings. The van der Waals surface area contributed by atoms with Crippen molar-refractivity contribution in [1.82, 2.24) is 19.7 Å². The Labute approximate surface area is 160 Å². The Morgan fingerprint density at radius 1 is 1.14 bits per heavy atom. The fraction of sp³-hybridized carbons (Fsp3) is 0.500. The SMILES string of the molecule is CN(c1ccccc1C(F)(F)F)c1nnc2n1CCN(C(=O)OC(C)(C)C)C2. The van der Waals surface area contributed by atoms with E-state index >= 15 is 0 Å². The van der Waals surface area contributed by atoms with Gasteiger partial charge in [-0.15, -0.1) is 10.2 Å². The van der Waals surface area contributed by atoms with Crippen LogP contribution in [-0.2, 0) is 24.0 Å². The zero-order chi connectivity index (χ0) is 20.7. The minimum absolute atomic E-state index is 0.0141. The molecule has 1 aliphatic heterocycles. The highest BCUT2D eigenvalue weighted by molar-refractivity contribution is 5.68. The van der Waals surface area contributed by atoms with E-state index < -0.39 is 23.4 Å². The van der Waals surface area contributed by atoms with Crippen molar-refractivity contribution in [3.05, 3.63) is 35.7 Å². The molecule has 2 heterocycles. The predicted octanol–water partition coefficient (Wildman–Crippen LogP) is 3.82. The van der Waals surface area contributed by atoms with Crippen LogP contribution in [0.2, 0.25) is 0 Å². The molecule has 1 amide bonds. The van der Waals surface area contributed by atoms with Gasteiger partial charge in [0.25, 0.3) is 0 Å². The molecule has 0 unspecified atom stereocenters. The highest BCUT2D eigenvalue weighted by Gasteiger charge is 2.35. The summed E-state index contributed by atoms with van der Waals surface area (Å²) in [5.41, 5.74) is -1.38. The lowest BCUT2D eigenvalue weighted by Gasteiger charge is -2.31. The summed E-state index contributed by atoms with van der Waals surface area (Å²) in [5.74, 6) is 0.777. The molecular weight excluding hydrogens is 375 g/mol. The van der Waals surface area contributed by atoms with Crippen molar-refractivity contribution in [1.29, 1.82) is 0 Å². The highest BCUT2D eigenvalue weighted by Crippen LogP contribution is 2.38. The van der Waals surface area contributed by atoms with Crippen molar-refractivity contribution < 1.29 is 22.7 Å². The number of rotatable bonds is 2. The average Bonchev–Trinajstić information content (AvgIpc) is 3.02. The first-order chi connectivity index (χ1) is 13.0. The number of aromatic nitrogens is 3. The van der Waals surface area contributed by atoms with E-state index in [1.165, 1.54) is 29.0 Å². The Morgan fingerprint density at radius 2 is 1.82 bits per heavy atom. The molecule has 1 aromatic carbocycles. The average molecular weight is 397 g/mol. The molecule has 0 saturated heterocycles. The van der Waals surface area contributed by atoms with E-state index in [9.17, 15) is 18.0 Å². The van der Waals surface area contributed by atoms with Gasteiger partial charge in [-0.3, -0.25) is 9.47 Å². The Hall–Kier alpha value is -2.78. The summed E-state index contributed by atoms with van der Waals surface area (Å²) in [6, 6.07) is 5.31. The molecule has 0 fully saturated rings. The van der Waals surface area contributed by atoms with Crippen LogP contribution in [0.1, 0.15) is 32.2 Å². The van der Waals surface area contributed by atoms with Crippen LogP contribution in [0.15, 0.2) is 24.3 Å². The van der Waals surface area contributed by atoms with Gasteiger partial charge in [0.05, 0.1) is 17.8 Å². The molecule has 0 radical (unpaired) electrons. The second-order valence-corrected chi connectivity index (χ2v) is 7.54. The van der Waals surface area contributed by atoms with E-state index in [4.69, 9.17) is 4.74 Å². The van der Waals surface area contributed by atoms with Crippen LogP contribution >= 0.6 is 0 Å². The lowest BCUT2D eigenvalue weighted by Crippen LogP contribution is -2.42. The number of hydrogen-bond acceptors (Lipinski definition) is 5. The van der Waals surface area contributed by atoms with Crippen molar-refractivity contribution in [2.75, 3.05) is 18.5 Å². The lowest BCUT2D eigenvalue weighted by atomic mass is 10.1. The Kier molecular flexibility index (Phi) is 4.99. The van der Waals surface area contributed by atoms with Gasteiger partial charge in [0.2, 0.25) is 5.95 Å². The smallest absolute Gasteiger partial charge is 0.418 e. The van der Waals surface area contributed by atoms with Gasteiger partial charge in [0.15, 0.2) is 5.82 Å². The maximum Gasteiger partial charge on any atom is 0.418 e. The number of nitrogens with zero attached hydrogens (tertiary/aromatic N) is 5. The molecule has 28 heavy (non-hydrogen) atoms. The van der Waals surface area contributed by atoms with Crippen LogP contribution in [0.3, 0.4) is 0 Å². The second-order valence-electron chi connectivity index (χ2n) is 7.54. The topological polar surface area (TPSA) is 63.5 Å². The Morgan fingerprint density at radius 3 is 2.46 bits per heavy atom. The number of amides is 1. The number of anilines is 2. The van der Waals surface area contributed by atoms with Gasteiger partial charge in [0, 0.05) is 20.1 Å². The molecule has 0 N–H and O–H groups in total. The number of halogens is 3. The molecule has 3 rings (SSSR count). The van der Waals surface area contributed by atoms with Gasteiger partial charge in [-0.1, -0.05) is 12.1 Å². The van der Waals surface area contributed by atoms with Crippen molar-refractivity contribution >= 4 is 17.7 Å². The molecule has 2 aromatic rings. The first-order valence-electron chi connectivity index (χ1n) is 8.77. The normalized spacial score (nSPS) is 14.6. The summed E-state index contributed by atoms with van der Waals surface area (Å²) in [4.78, 5) is 15.1. The first kappa shape index (κ1) is 20.0. The number of carbonyl (C=O) groups is 1. The summed E-state index contributed by atoms with van der Waals surface area (Å²) in [5, 5.41) is 8.12. The third-order valence-corrected chi connectivity index (χ3v) is 4.26. The Bertz CT molecular complexity index is 873. The molecule has 1 aromatic heterocycles. The van der Waals surface area contributed by atoms with Gasteiger partial charge in [0.1, 0.15) is 5.60 Å². The maximum atomic E-state index is 13.3. The van der Waals surface area contributed by atoms with Crippen LogP contribution in [0.25, 0.3) is 0 Å². The minimum Gasteiger partial charge on any atom is -0.444 e. The fourth-order valence-electron chi connectivity index (χ4n) is 2.99. The first-order valence-corrected chi connectivity index (χ1v) is 8.77. The van der Waals surface area contributed by atoms with Crippen molar-refractivity contribution in [2.24, 2.45) is 0 Å².